The average molecular weight is 346 g/mol. The van der Waals surface area contributed by atoms with E-state index in [4.69, 9.17) is 0 Å². The lowest BCUT2D eigenvalue weighted by atomic mass is 9.85. The first-order valence-electron chi connectivity index (χ1n) is 7.23. The molecule has 1 fully saturated rings. The Morgan fingerprint density at radius 3 is 2.58 bits per heavy atom. The molecule has 2 unspecified atom stereocenters. The zero-order valence-electron chi connectivity index (χ0n) is 11.9. The summed E-state index contributed by atoms with van der Waals surface area (Å²) < 4.78 is 1.14. The summed E-state index contributed by atoms with van der Waals surface area (Å²) in [5.41, 5.74) is -0.0864. The Morgan fingerprint density at radius 1 is 1.37 bits per heavy atom. The Balaban J connectivity index is 2.06. The second-order valence-corrected chi connectivity index (χ2v) is 8.23. The first-order valence-corrected chi connectivity index (χ1v) is 8.84. The molecule has 1 aromatic rings. The van der Waals surface area contributed by atoms with Gasteiger partial charge in [-0.05, 0) is 67.3 Å². The number of aliphatic hydroxyl groups is 1. The lowest BCUT2D eigenvalue weighted by Crippen LogP contribution is -2.56. The first-order chi connectivity index (χ1) is 9.06. The first kappa shape index (κ1) is 15.5. The molecule has 19 heavy (non-hydrogen) atoms. The summed E-state index contributed by atoms with van der Waals surface area (Å²) in [4.78, 5) is 3.76. The van der Waals surface area contributed by atoms with Crippen LogP contribution in [0.5, 0.6) is 0 Å². The van der Waals surface area contributed by atoms with Gasteiger partial charge in [-0.2, -0.15) is 0 Å². The summed E-state index contributed by atoms with van der Waals surface area (Å²) in [6.07, 6.45) is 5.35. The molecular formula is C15H24BrNOS. The SMILES string of the molecule is CCC(C)(C(O)Cc1ccc(Br)s1)N1CCCCC1. The van der Waals surface area contributed by atoms with Gasteiger partial charge in [0.05, 0.1) is 9.89 Å². The van der Waals surface area contributed by atoms with Gasteiger partial charge in [-0.3, -0.25) is 4.90 Å². The van der Waals surface area contributed by atoms with E-state index in [1.165, 1.54) is 24.1 Å². The summed E-state index contributed by atoms with van der Waals surface area (Å²) in [6.45, 7) is 6.69. The largest absolute Gasteiger partial charge is 0.391 e. The quantitative estimate of drug-likeness (QED) is 0.869. The standard InChI is InChI=1S/C15H24BrNOS/c1-3-15(2,17-9-5-4-6-10-17)13(18)11-12-7-8-14(16)19-12/h7-8,13,18H,3-6,9-11H2,1-2H3. The summed E-state index contributed by atoms with van der Waals surface area (Å²) >= 11 is 5.22. The number of aliphatic hydroxyl groups excluding tert-OH is 1. The van der Waals surface area contributed by atoms with E-state index in [9.17, 15) is 5.11 Å². The molecule has 0 aliphatic carbocycles. The third kappa shape index (κ3) is 3.60. The van der Waals surface area contributed by atoms with Crippen LogP contribution in [-0.2, 0) is 6.42 Å². The molecule has 2 atom stereocenters. The Bertz CT molecular complexity index is 403. The minimum absolute atomic E-state index is 0.0864. The highest BCUT2D eigenvalue weighted by Gasteiger charge is 2.37. The lowest BCUT2D eigenvalue weighted by molar-refractivity contribution is -0.0325. The van der Waals surface area contributed by atoms with Gasteiger partial charge in [0.1, 0.15) is 0 Å². The van der Waals surface area contributed by atoms with Gasteiger partial charge in [-0.1, -0.05) is 13.3 Å². The number of likely N-dealkylation sites (tertiary alicyclic amines) is 1. The van der Waals surface area contributed by atoms with Crippen LogP contribution in [0.2, 0.25) is 0 Å². The Labute approximate surface area is 129 Å². The van der Waals surface area contributed by atoms with Crippen LogP contribution in [0.25, 0.3) is 0 Å². The van der Waals surface area contributed by atoms with Crippen molar-refractivity contribution in [2.45, 2.75) is 57.6 Å². The number of nitrogens with zero attached hydrogens (tertiary/aromatic N) is 1. The average Bonchev–Trinajstić information content (AvgIpc) is 2.84. The van der Waals surface area contributed by atoms with E-state index in [0.29, 0.717) is 0 Å². The van der Waals surface area contributed by atoms with Crippen LogP contribution < -0.4 is 0 Å². The highest BCUT2D eigenvalue weighted by Crippen LogP contribution is 2.31. The van der Waals surface area contributed by atoms with E-state index in [1.54, 1.807) is 11.3 Å². The number of hydrogen-bond donors (Lipinski definition) is 1. The van der Waals surface area contributed by atoms with Crippen molar-refractivity contribution in [3.05, 3.63) is 20.8 Å². The fraction of sp³-hybridized carbons (Fsp3) is 0.733. The fourth-order valence-corrected chi connectivity index (χ4v) is 4.47. The molecule has 0 amide bonds. The summed E-state index contributed by atoms with van der Waals surface area (Å²) in [5, 5.41) is 10.7. The molecule has 0 saturated carbocycles. The van der Waals surface area contributed by atoms with Crippen molar-refractivity contribution in [1.82, 2.24) is 4.90 Å². The molecule has 2 rings (SSSR count). The minimum Gasteiger partial charge on any atom is -0.391 e. The Hall–Kier alpha value is 0.1000. The second-order valence-electron chi connectivity index (χ2n) is 5.68. The lowest BCUT2D eigenvalue weighted by Gasteiger charge is -2.46. The monoisotopic (exact) mass is 345 g/mol. The number of piperidine rings is 1. The molecule has 2 nitrogen and oxygen atoms in total. The third-order valence-corrected chi connectivity index (χ3v) is 6.18. The van der Waals surface area contributed by atoms with Crippen LogP contribution in [0.4, 0.5) is 0 Å². The highest BCUT2D eigenvalue weighted by molar-refractivity contribution is 9.11. The maximum atomic E-state index is 10.7. The van der Waals surface area contributed by atoms with Crippen LogP contribution in [0.15, 0.2) is 15.9 Å². The summed E-state index contributed by atoms with van der Waals surface area (Å²) in [5.74, 6) is 0. The smallest absolute Gasteiger partial charge is 0.0769 e. The van der Waals surface area contributed by atoms with E-state index in [2.05, 4.69) is 46.8 Å². The minimum atomic E-state index is -0.291. The molecule has 1 aliphatic rings. The van der Waals surface area contributed by atoms with Crippen molar-refractivity contribution >= 4 is 27.3 Å². The molecule has 0 spiro atoms. The van der Waals surface area contributed by atoms with Gasteiger partial charge in [0.25, 0.3) is 0 Å². The van der Waals surface area contributed by atoms with Crippen molar-refractivity contribution in [3.8, 4) is 0 Å². The Morgan fingerprint density at radius 2 is 2.05 bits per heavy atom. The predicted octanol–water partition coefficient (Wildman–Crippen LogP) is 4.07. The maximum absolute atomic E-state index is 10.7. The molecular weight excluding hydrogens is 322 g/mol. The molecule has 0 bridgehead atoms. The molecule has 0 aromatic carbocycles. The van der Waals surface area contributed by atoms with E-state index < -0.39 is 0 Å². The van der Waals surface area contributed by atoms with Crippen molar-refractivity contribution in [3.63, 3.8) is 0 Å². The van der Waals surface area contributed by atoms with Gasteiger partial charge in [0.15, 0.2) is 0 Å². The summed E-state index contributed by atoms with van der Waals surface area (Å²) in [7, 11) is 0. The number of hydrogen-bond acceptors (Lipinski definition) is 3. The van der Waals surface area contributed by atoms with E-state index >= 15 is 0 Å². The normalized spacial score (nSPS) is 22.1. The van der Waals surface area contributed by atoms with Gasteiger partial charge >= 0.3 is 0 Å². The molecule has 1 aliphatic heterocycles. The Kier molecular flexibility index (Phi) is 5.46. The van der Waals surface area contributed by atoms with E-state index in [1.807, 2.05) is 0 Å². The molecule has 1 saturated heterocycles. The second kappa shape index (κ2) is 6.70. The van der Waals surface area contributed by atoms with Crippen LogP contribution >= 0.6 is 27.3 Å². The third-order valence-electron chi connectivity index (χ3n) is 4.54. The van der Waals surface area contributed by atoms with Crippen molar-refractivity contribution in [2.75, 3.05) is 13.1 Å². The van der Waals surface area contributed by atoms with Crippen molar-refractivity contribution in [2.24, 2.45) is 0 Å². The zero-order chi connectivity index (χ0) is 13.9. The van der Waals surface area contributed by atoms with Crippen LogP contribution in [0, 0.1) is 0 Å². The zero-order valence-corrected chi connectivity index (χ0v) is 14.3. The number of thiophene rings is 1. The van der Waals surface area contributed by atoms with Gasteiger partial charge in [-0.15, -0.1) is 11.3 Å². The predicted molar refractivity (Wildman–Crippen MR) is 85.8 cm³/mol. The molecule has 108 valence electrons. The van der Waals surface area contributed by atoms with Crippen LogP contribution in [0.1, 0.15) is 44.4 Å². The van der Waals surface area contributed by atoms with Gasteiger partial charge in [-0.25, -0.2) is 0 Å². The van der Waals surface area contributed by atoms with E-state index in [0.717, 1.165) is 29.7 Å². The van der Waals surface area contributed by atoms with Crippen LogP contribution in [-0.4, -0.2) is 34.7 Å². The maximum Gasteiger partial charge on any atom is 0.0769 e. The molecule has 0 radical (unpaired) electrons. The highest BCUT2D eigenvalue weighted by atomic mass is 79.9. The molecule has 4 heteroatoms. The topological polar surface area (TPSA) is 23.5 Å². The molecule has 1 aromatic heterocycles. The van der Waals surface area contributed by atoms with Crippen LogP contribution in [0.3, 0.4) is 0 Å². The number of halogens is 1. The molecule has 1 N–H and O–H groups in total. The van der Waals surface area contributed by atoms with Gasteiger partial charge in [0, 0.05) is 16.8 Å². The fourth-order valence-electron chi connectivity index (χ4n) is 2.95. The summed E-state index contributed by atoms with van der Waals surface area (Å²) in [6, 6.07) is 4.18. The van der Waals surface area contributed by atoms with Crippen molar-refractivity contribution in [1.29, 1.82) is 0 Å². The molecule has 2 heterocycles. The van der Waals surface area contributed by atoms with E-state index in [-0.39, 0.29) is 11.6 Å². The van der Waals surface area contributed by atoms with Gasteiger partial charge < -0.3 is 5.11 Å². The van der Waals surface area contributed by atoms with Gasteiger partial charge in [0.2, 0.25) is 0 Å². The van der Waals surface area contributed by atoms with Crippen molar-refractivity contribution < 1.29 is 5.11 Å². The number of rotatable bonds is 5.